The van der Waals surface area contributed by atoms with E-state index in [1.54, 1.807) is 7.11 Å². The van der Waals surface area contributed by atoms with Crippen LogP contribution in [0.25, 0.3) is 0 Å². The van der Waals surface area contributed by atoms with E-state index in [0.29, 0.717) is 19.5 Å². The molecular formula is C18H33Cl3N4O2. The summed E-state index contributed by atoms with van der Waals surface area (Å²) in [6, 6.07) is 8.47. The smallest absolute Gasteiger partial charge is 0.222 e. The van der Waals surface area contributed by atoms with Crippen LogP contribution in [0.2, 0.25) is 0 Å². The number of amides is 1. The minimum atomic E-state index is -0.212. The molecule has 1 unspecified atom stereocenters. The van der Waals surface area contributed by atoms with Gasteiger partial charge in [-0.15, -0.1) is 37.2 Å². The molecule has 1 amide bonds. The van der Waals surface area contributed by atoms with Gasteiger partial charge in [-0.3, -0.25) is 9.69 Å². The number of piperazine rings is 1. The lowest BCUT2D eigenvalue weighted by atomic mass is 10.1. The van der Waals surface area contributed by atoms with Gasteiger partial charge in [-0.25, -0.2) is 0 Å². The lowest BCUT2D eigenvalue weighted by Crippen LogP contribution is -2.43. The summed E-state index contributed by atoms with van der Waals surface area (Å²) in [5.41, 5.74) is 7.95. The van der Waals surface area contributed by atoms with Gasteiger partial charge < -0.3 is 20.7 Å². The maximum absolute atomic E-state index is 11.8. The topological polar surface area (TPSA) is 70.8 Å². The van der Waals surface area contributed by atoms with E-state index >= 15 is 0 Å². The number of likely N-dealkylation sites (N-methyl/N-ethyl adjacent to an activating group) is 1. The number of nitrogens with zero attached hydrogens (tertiary/aromatic N) is 2. The van der Waals surface area contributed by atoms with Gasteiger partial charge in [0, 0.05) is 52.9 Å². The number of ether oxygens (including phenoxy) is 1. The quantitative estimate of drug-likeness (QED) is 0.640. The molecule has 0 radical (unpaired) electrons. The fourth-order valence-electron chi connectivity index (χ4n) is 2.77. The Morgan fingerprint density at radius 2 is 1.67 bits per heavy atom. The summed E-state index contributed by atoms with van der Waals surface area (Å²) in [5.74, 6) is -0.0335. The van der Waals surface area contributed by atoms with Gasteiger partial charge in [0.15, 0.2) is 0 Å². The highest BCUT2D eigenvalue weighted by molar-refractivity contribution is 5.86. The average Bonchev–Trinajstić information content (AvgIpc) is 2.61. The first-order valence-electron chi connectivity index (χ1n) is 8.59. The fraction of sp³-hybridized carbons (Fsp3) is 0.611. The molecule has 1 aromatic carbocycles. The summed E-state index contributed by atoms with van der Waals surface area (Å²) >= 11 is 0. The van der Waals surface area contributed by atoms with Crippen LogP contribution in [-0.4, -0.2) is 68.7 Å². The predicted molar refractivity (Wildman–Crippen MR) is 117 cm³/mol. The first-order valence-corrected chi connectivity index (χ1v) is 8.59. The van der Waals surface area contributed by atoms with Crippen molar-refractivity contribution in [1.29, 1.82) is 0 Å². The first-order chi connectivity index (χ1) is 11.6. The number of methoxy groups -OCH3 is 1. The summed E-state index contributed by atoms with van der Waals surface area (Å²) in [6.07, 6.45) is 0.0880. The molecule has 0 spiro atoms. The van der Waals surface area contributed by atoms with E-state index in [1.807, 2.05) is 0 Å². The number of hydrogen-bond acceptors (Lipinski definition) is 5. The highest BCUT2D eigenvalue weighted by Crippen LogP contribution is 2.10. The summed E-state index contributed by atoms with van der Waals surface area (Å²) < 4.78 is 5.12. The normalized spacial score (nSPS) is 15.7. The highest BCUT2D eigenvalue weighted by atomic mass is 35.5. The van der Waals surface area contributed by atoms with Crippen LogP contribution in [0, 0.1) is 0 Å². The van der Waals surface area contributed by atoms with Crippen LogP contribution >= 0.6 is 37.2 Å². The molecule has 1 atom stereocenters. The summed E-state index contributed by atoms with van der Waals surface area (Å²) in [5, 5.41) is 2.91. The number of nitrogens with two attached hydrogens (primary N) is 1. The van der Waals surface area contributed by atoms with Crippen LogP contribution in [0.4, 0.5) is 0 Å². The van der Waals surface area contributed by atoms with Crippen molar-refractivity contribution in [2.75, 3.05) is 46.9 Å². The molecule has 9 heteroatoms. The van der Waals surface area contributed by atoms with Gasteiger partial charge in [0.2, 0.25) is 5.91 Å². The van der Waals surface area contributed by atoms with Crippen molar-refractivity contribution < 1.29 is 9.53 Å². The Balaban J connectivity index is 0. The molecule has 1 fully saturated rings. The zero-order chi connectivity index (χ0) is 17.4. The Kier molecular flexibility index (Phi) is 16.3. The maximum atomic E-state index is 11.8. The Hall–Kier alpha value is -0.600. The van der Waals surface area contributed by atoms with Gasteiger partial charge in [0.25, 0.3) is 0 Å². The average molecular weight is 444 g/mol. The second-order valence-electron chi connectivity index (χ2n) is 6.47. The largest absolute Gasteiger partial charge is 0.380 e. The Morgan fingerprint density at radius 1 is 1.11 bits per heavy atom. The minimum absolute atomic E-state index is 0. The summed E-state index contributed by atoms with van der Waals surface area (Å²) in [7, 11) is 3.74. The molecule has 0 saturated carbocycles. The SMILES string of the molecule is COC(CN)CC(=O)NCc1ccc(CN2CCN(C)CC2)cc1.Cl.Cl.Cl. The highest BCUT2D eigenvalue weighted by Gasteiger charge is 2.14. The number of rotatable bonds is 8. The second kappa shape index (κ2) is 15.3. The minimum Gasteiger partial charge on any atom is -0.380 e. The van der Waals surface area contributed by atoms with Crippen molar-refractivity contribution in [3.05, 3.63) is 35.4 Å². The fourth-order valence-corrected chi connectivity index (χ4v) is 2.77. The van der Waals surface area contributed by atoms with E-state index in [-0.39, 0.29) is 49.2 Å². The van der Waals surface area contributed by atoms with E-state index < -0.39 is 0 Å². The molecule has 1 aliphatic rings. The van der Waals surface area contributed by atoms with Gasteiger partial charge in [-0.05, 0) is 18.2 Å². The zero-order valence-corrected chi connectivity index (χ0v) is 18.5. The van der Waals surface area contributed by atoms with Crippen LogP contribution in [0.15, 0.2) is 24.3 Å². The molecular weight excluding hydrogens is 411 g/mol. The molecule has 158 valence electrons. The van der Waals surface area contributed by atoms with Crippen molar-refractivity contribution in [3.63, 3.8) is 0 Å². The van der Waals surface area contributed by atoms with Crippen LogP contribution in [0.1, 0.15) is 17.5 Å². The van der Waals surface area contributed by atoms with E-state index in [4.69, 9.17) is 10.5 Å². The van der Waals surface area contributed by atoms with Crippen molar-refractivity contribution in [3.8, 4) is 0 Å². The molecule has 27 heavy (non-hydrogen) atoms. The first kappa shape index (κ1) is 28.6. The molecule has 2 rings (SSSR count). The molecule has 0 aliphatic carbocycles. The van der Waals surface area contributed by atoms with Crippen molar-refractivity contribution in [1.82, 2.24) is 15.1 Å². The lowest BCUT2D eigenvalue weighted by molar-refractivity contribution is -0.123. The second-order valence-corrected chi connectivity index (χ2v) is 6.47. The molecule has 1 aromatic rings. The summed E-state index contributed by atoms with van der Waals surface area (Å²) in [6.45, 7) is 6.39. The molecule has 1 saturated heterocycles. The maximum Gasteiger partial charge on any atom is 0.222 e. The number of hydrogen-bond donors (Lipinski definition) is 2. The van der Waals surface area contributed by atoms with Gasteiger partial charge in [0.05, 0.1) is 12.5 Å². The molecule has 3 N–H and O–H groups in total. The van der Waals surface area contributed by atoms with Gasteiger partial charge in [0.1, 0.15) is 0 Å². The van der Waals surface area contributed by atoms with E-state index in [0.717, 1.165) is 38.3 Å². The van der Waals surface area contributed by atoms with Crippen LogP contribution < -0.4 is 11.1 Å². The molecule has 1 aliphatic heterocycles. The van der Waals surface area contributed by atoms with Crippen LogP contribution in [0.5, 0.6) is 0 Å². The molecule has 1 heterocycles. The Labute approximate surface area is 181 Å². The Bertz CT molecular complexity index is 508. The number of carbonyl (C=O) groups excluding carboxylic acids is 1. The molecule has 6 nitrogen and oxygen atoms in total. The number of carbonyl (C=O) groups is 1. The van der Waals surface area contributed by atoms with Crippen LogP contribution in [0.3, 0.4) is 0 Å². The molecule has 0 bridgehead atoms. The third kappa shape index (κ3) is 10.5. The van der Waals surface area contributed by atoms with Gasteiger partial charge in [-0.2, -0.15) is 0 Å². The third-order valence-corrected chi connectivity index (χ3v) is 4.52. The van der Waals surface area contributed by atoms with Crippen molar-refractivity contribution in [2.45, 2.75) is 25.6 Å². The van der Waals surface area contributed by atoms with Crippen molar-refractivity contribution in [2.24, 2.45) is 5.73 Å². The lowest BCUT2D eigenvalue weighted by Gasteiger charge is -2.32. The van der Waals surface area contributed by atoms with Gasteiger partial charge in [-0.1, -0.05) is 24.3 Å². The van der Waals surface area contributed by atoms with Crippen LogP contribution in [-0.2, 0) is 22.6 Å². The standard InChI is InChI=1S/C18H30N4O2.3ClH/c1-21-7-9-22(10-8-21)14-16-5-3-15(4-6-16)13-20-18(23)11-17(12-19)24-2;;;/h3-6,17H,7-14,19H2,1-2H3,(H,20,23);3*1H. The van der Waals surface area contributed by atoms with Gasteiger partial charge >= 0.3 is 0 Å². The number of nitrogens with one attached hydrogen (secondary N) is 1. The predicted octanol–water partition coefficient (Wildman–Crippen LogP) is 1.68. The van der Waals surface area contributed by atoms with E-state index in [2.05, 4.69) is 46.4 Å². The van der Waals surface area contributed by atoms with E-state index in [9.17, 15) is 4.79 Å². The zero-order valence-electron chi connectivity index (χ0n) is 16.1. The van der Waals surface area contributed by atoms with E-state index in [1.165, 1.54) is 5.56 Å². The number of halogens is 3. The number of benzene rings is 1. The van der Waals surface area contributed by atoms with Crippen molar-refractivity contribution >= 4 is 43.1 Å². The summed E-state index contributed by atoms with van der Waals surface area (Å²) in [4.78, 5) is 16.7. The Morgan fingerprint density at radius 3 is 2.19 bits per heavy atom. The molecule has 0 aromatic heterocycles. The monoisotopic (exact) mass is 442 g/mol. The third-order valence-electron chi connectivity index (χ3n) is 4.52.